The van der Waals surface area contributed by atoms with E-state index in [-0.39, 0.29) is 17.7 Å². The number of hydrogen-bond acceptors (Lipinski definition) is 2. The summed E-state index contributed by atoms with van der Waals surface area (Å²) in [6, 6.07) is 6.20. The summed E-state index contributed by atoms with van der Waals surface area (Å²) in [5, 5.41) is 5.81. The normalized spacial score (nSPS) is 12.1. The number of hydrogen-bond donors (Lipinski definition) is 2. The lowest BCUT2D eigenvalue weighted by atomic mass is 10.0. The molecular weight excluding hydrogens is 264 g/mol. The molecule has 0 saturated carbocycles. The van der Waals surface area contributed by atoms with Gasteiger partial charge in [-0.25, -0.2) is 0 Å². The van der Waals surface area contributed by atoms with Crippen LogP contribution in [0.5, 0.6) is 0 Å². The summed E-state index contributed by atoms with van der Waals surface area (Å²) in [7, 11) is 0. The van der Waals surface area contributed by atoms with Crippen LogP contribution in [0.3, 0.4) is 0 Å². The minimum Gasteiger partial charge on any atom is -0.355 e. The first-order chi connectivity index (χ1) is 8.97. The SMILES string of the molecule is CCNC(=O)C(NC(=O)c1ccccc1Cl)C(C)C. The smallest absolute Gasteiger partial charge is 0.253 e. The monoisotopic (exact) mass is 282 g/mol. The highest BCUT2D eigenvalue weighted by atomic mass is 35.5. The van der Waals surface area contributed by atoms with Gasteiger partial charge >= 0.3 is 0 Å². The Hall–Kier alpha value is -1.55. The van der Waals surface area contributed by atoms with Crippen LogP contribution in [0.25, 0.3) is 0 Å². The predicted octanol–water partition coefficient (Wildman–Crippen LogP) is 2.23. The number of amides is 2. The number of carbonyl (C=O) groups excluding carboxylic acids is 2. The minimum absolute atomic E-state index is 0.00186. The lowest BCUT2D eigenvalue weighted by molar-refractivity contribution is -0.123. The molecule has 1 atom stereocenters. The first-order valence-electron chi connectivity index (χ1n) is 6.30. The maximum atomic E-state index is 12.1. The van der Waals surface area contributed by atoms with E-state index in [1.165, 1.54) is 0 Å². The number of nitrogens with one attached hydrogen (secondary N) is 2. The maximum absolute atomic E-state index is 12.1. The van der Waals surface area contributed by atoms with Crippen LogP contribution in [0.1, 0.15) is 31.1 Å². The maximum Gasteiger partial charge on any atom is 0.253 e. The summed E-state index contributed by atoms with van der Waals surface area (Å²) in [5.74, 6) is -0.522. The molecule has 0 aliphatic heterocycles. The van der Waals surface area contributed by atoms with Crippen molar-refractivity contribution in [3.05, 3.63) is 34.9 Å². The fourth-order valence-corrected chi connectivity index (χ4v) is 1.91. The molecule has 4 nitrogen and oxygen atoms in total. The Morgan fingerprint density at radius 1 is 1.26 bits per heavy atom. The van der Waals surface area contributed by atoms with Gasteiger partial charge in [-0.15, -0.1) is 0 Å². The number of rotatable bonds is 5. The standard InChI is InChI=1S/C14H19ClN2O2/c1-4-16-14(19)12(9(2)3)17-13(18)10-7-5-6-8-11(10)15/h5-9,12H,4H2,1-3H3,(H,16,19)(H,17,18). The third-order valence-electron chi connectivity index (χ3n) is 2.71. The van der Waals surface area contributed by atoms with Crippen LogP contribution in [-0.4, -0.2) is 24.4 Å². The van der Waals surface area contributed by atoms with Gasteiger partial charge in [0.25, 0.3) is 5.91 Å². The summed E-state index contributed by atoms with van der Waals surface area (Å²) < 4.78 is 0. The molecule has 19 heavy (non-hydrogen) atoms. The van der Waals surface area contributed by atoms with Crippen molar-refractivity contribution in [2.75, 3.05) is 6.54 Å². The van der Waals surface area contributed by atoms with Gasteiger partial charge in [0.15, 0.2) is 0 Å². The zero-order valence-corrected chi connectivity index (χ0v) is 12.1. The zero-order valence-electron chi connectivity index (χ0n) is 11.4. The van der Waals surface area contributed by atoms with Crippen molar-refractivity contribution in [1.29, 1.82) is 0 Å². The molecule has 0 radical (unpaired) electrons. The van der Waals surface area contributed by atoms with E-state index in [0.29, 0.717) is 17.1 Å². The first kappa shape index (κ1) is 15.5. The molecule has 2 amide bonds. The van der Waals surface area contributed by atoms with Gasteiger partial charge in [0.1, 0.15) is 6.04 Å². The molecule has 0 fully saturated rings. The molecule has 1 aromatic rings. The van der Waals surface area contributed by atoms with Gasteiger partial charge < -0.3 is 10.6 Å². The van der Waals surface area contributed by atoms with Crippen molar-refractivity contribution in [2.45, 2.75) is 26.8 Å². The number of carbonyl (C=O) groups is 2. The molecular formula is C14H19ClN2O2. The van der Waals surface area contributed by atoms with E-state index in [9.17, 15) is 9.59 Å². The molecule has 1 rings (SSSR count). The molecule has 0 saturated heterocycles. The second kappa shape index (κ2) is 7.14. The molecule has 2 N–H and O–H groups in total. The van der Waals surface area contributed by atoms with Crippen LogP contribution in [0, 0.1) is 5.92 Å². The largest absolute Gasteiger partial charge is 0.355 e. The summed E-state index contributed by atoms with van der Waals surface area (Å²) in [4.78, 5) is 24.0. The molecule has 1 unspecified atom stereocenters. The highest BCUT2D eigenvalue weighted by molar-refractivity contribution is 6.33. The molecule has 0 heterocycles. The Balaban J connectivity index is 2.83. The highest BCUT2D eigenvalue weighted by Gasteiger charge is 2.24. The van der Waals surface area contributed by atoms with E-state index < -0.39 is 6.04 Å². The van der Waals surface area contributed by atoms with Crippen LogP contribution in [-0.2, 0) is 4.79 Å². The van der Waals surface area contributed by atoms with Gasteiger partial charge in [0, 0.05) is 6.54 Å². The molecule has 0 aliphatic rings. The molecule has 0 bridgehead atoms. The van der Waals surface area contributed by atoms with Crippen molar-refractivity contribution in [2.24, 2.45) is 5.92 Å². The van der Waals surface area contributed by atoms with E-state index in [4.69, 9.17) is 11.6 Å². The quantitative estimate of drug-likeness (QED) is 0.870. The third-order valence-corrected chi connectivity index (χ3v) is 3.03. The molecule has 0 aromatic heterocycles. The van der Waals surface area contributed by atoms with Gasteiger partial charge in [-0.1, -0.05) is 37.6 Å². The Kier molecular flexibility index (Phi) is 5.83. The fourth-order valence-electron chi connectivity index (χ4n) is 1.68. The Labute approximate surface area is 118 Å². The van der Waals surface area contributed by atoms with Crippen LogP contribution >= 0.6 is 11.6 Å². The van der Waals surface area contributed by atoms with E-state index in [1.807, 2.05) is 20.8 Å². The molecule has 1 aromatic carbocycles. The summed E-state index contributed by atoms with van der Waals surface area (Å²) in [6.07, 6.45) is 0. The van der Waals surface area contributed by atoms with Crippen LogP contribution in [0.4, 0.5) is 0 Å². The lowest BCUT2D eigenvalue weighted by Gasteiger charge is -2.21. The van der Waals surface area contributed by atoms with Gasteiger partial charge in [-0.2, -0.15) is 0 Å². The minimum atomic E-state index is -0.566. The van der Waals surface area contributed by atoms with Crippen molar-refractivity contribution >= 4 is 23.4 Å². The number of benzene rings is 1. The molecule has 0 aliphatic carbocycles. The van der Waals surface area contributed by atoms with Gasteiger partial charge in [-0.3, -0.25) is 9.59 Å². The average molecular weight is 283 g/mol. The van der Waals surface area contributed by atoms with E-state index in [0.717, 1.165) is 0 Å². The average Bonchev–Trinajstić information content (AvgIpc) is 2.36. The number of likely N-dealkylation sites (N-methyl/N-ethyl adjacent to an activating group) is 1. The lowest BCUT2D eigenvalue weighted by Crippen LogP contribution is -2.49. The van der Waals surface area contributed by atoms with Crippen molar-refractivity contribution in [3.8, 4) is 0 Å². The van der Waals surface area contributed by atoms with Crippen molar-refractivity contribution in [3.63, 3.8) is 0 Å². The third kappa shape index (κ3) is 4.24. The summed E-state index contributed by atoms with van der Waals surface area (Å²) >= 11 is 5.96. The second-order valence-electron chi connectivity index (χ2n) is 4.57. The predicted molar refractivity (Wildman–Crippen MR) is 76.2 cm³/mol. The van der Waals surface area contributed by atoms with E-state index >= 15 is 0 Å². The van der Waals surface area contributed by atoms with Crippen LogP contribution in [0.15, 0.2) is 24.3 Å². The van der Waals surface area contributed by atoms with E-state index in [1.54, 1.807) is 24.3 Å². The van der Waals surface area contributed by atoms with E-state index in [2.05, 4.69) is 10.6 Å². The van der Waals surface area contributed by atoms with Gasteiger partial charge in [0.2, 0.25) is 5.91 Å². The summed E-state index contributed by atoms with van der Waals surface area (Å²) in [6.45, 7) is 6.13. The zero-order chi connectivity index (χ0) is 14.4. The fraction of sp³-hybridized carbons (Fsp3) is 0.429. The Bertz CT molecular complexity index is 461. The number of halogens is 1. The van der Waals surface area contributed by atoms with Crippen molar-refractivity contribution in [1.82, 2.24) is 10.6 Å². The highest BCUT2D eigenvalue weighted by Crippen LogP contribution is 2.15. The van der Waals surface area contributed by atoms with Gasteiger partial charge in [0.05, 0.1) is 10.6 Å². The van der Waals surface area contributed by atoms with Crippen molar-refractivity contribution < 1.29 is 9.59 Å². The second-order valence-corrected chi connectivity index (χ2v) is 4.98. The summed E-state index contributed by atoms with van der Waals surface area (Å²) in [5.41, 5.74) is 0.374. The van der Waals surface area contributed by atoms with Gasteiger partial charge in [-0.05, 0) is 25.0 Å². The molecule has 104 valence electrons. The topological polar surface area (TPSA) is 58.2 Å². The molecule has 5 heteroatoms. The molecule has 0 spiro atoms. The Morgan fingerprint density at radius 2 is 1.89 bits per heavy atom. The first-order valence-corrected chi connectivity index (χ1v) is 6.68. The Morgan fingerprint density at radius 3 is 2.42 bits per heavy atom. The van der Waals surface area contributed by atoms with Crippen LogP contribution < -0.4 is 10.6 Å². The van der Waals surface area contributed by atoms with Crippen LogP contribution in [0.2, 0.25) is 5.02 Å².